The third-order valence-corrected chi connectivity index (χ3v) is 6.00. The quantitative estimate of drug-likeness (QED) is 0.742. The largest absolute Gasteiger partial charge is 0.442 e. The first-order valence-corrected chi connectivity index (χ1v) is 8.78. The SMILES string of the molecule is CC(C)(C)OC(=O)N=S1(=O)CCCC2(CCCN2)C1. The molecule has 2 aliphatic heterocycles. The molecule has 2 heterocycles. The van der Waals surface area contributed by atoms with Crippen LogP contribution in [0, 0.1) is 0 Å². The van der Waals surface area contributed by atoms with Gasteiger partial charge in [0.05, 0.1) is 15.5 Å². The van der Waals surface area contributed by atoms with Gasteiger partial charge in [-0.05, 0) is 53.0 Å². The van der Waals surface area contributed by atoms with Gasteiger partial charge in [-0.15, -0.1) is 4.36 Å². The number of nitrogens with zero attached hydrogens (tertiary/aromatic N) is 1. The summed E-state index contributed by atoms with van der Waals surface area (Å²) in [6.45, 7) is 6.33. The first-order chi connectivity index (χ1) is 8.72. The summed E-state index contributed by atoms with van der Waals surface area (Å²) in [4.78, 5) is 11.7. The number of carbonyl (C=O) groups excluding carboxylic acids is 1. The molecule has 1 amide bonds. The number of amides is 1. The zero-order chi connectivity index (χ0) is 14.1. The third kappa shape index (κ3) is 3.92. The van der Waals surface area contributed by atoms with Crippen molar-refractivity contribution in [3.8, 4) is 0 Å². The van der Waals surface area contributed by atoms with Crippen molar-refractivity contribution >= 4 is 15.8 Å². The van der Waals surface area contributed by atoms with Gasteiger partial charge in [0.1, 0.15) is 5.60 Å². The summed E-state index contributed by atoms with van der Waals surface area (Å²) in [5, 5.41) is 3.46. The maximum Gasteiger partial charge on any atom is 0.442 e. The molecule has 5 nitrogen and oxygen atoms in total. The molecular formula is C13H24N2O3S. The van der Waals surface area contributed by atoms with Crippen molar-refractivity contribution in [3.63, 3.8) is 0 Å². The topological polar surface area (TPSA) is 67.8 Å². The van der Waals surface area contributed by atoms with Gasteiger partial charge in [-0.2, -0.15) is 0 Å². The molecule has 0 radical (unpaired) electrons. The number of rotatable bonds is 0. The Bertz CT molecular complexity index is 467. The average molecular weight is 288 g/mol. The molecule has 6 heteroatoms. The van der Waals surface area contributed by atoms with Gasteiger partial charge in [0.25, 0.3) is 0 Å². The second-order valence-electron chi connectivity index (χ2n) is 6.61. The van der Waals surface area contributed by atoms with Crippen LogP contribution in [0.25, 0.3) is 0 Å². The van der Waals surface area contributed by atoms with Crippen LogP contribution in [0.15, 0.2) is 4.36 Å². The normalized spacial score (nSPS) is 35.3. The second kappa shape index (κ2) is 5.05. The third-order valence-electron chi connectivity index (χ3n) is 3.59. The molecule has 2 saturated heterocycles. The highest BCUT2D eigenvalue weighted by molar-refractivity contribution is 7.94. The summed E-state index contributed by atoms with van der Waals surface area (Å²) in [7, 11) is -2.47. The zero-order valence-electron chi connectivity index (χ0n) is 12.0. The summed E-state index contributed by atoms with van der Waals surface area (Å²) in [6.07, 6.45) is 3.36. The number of hydrogen-bond donors (Lipinski definition) is 1. The van der Waals surface area contributed by atoms with Crippen LogP contribution in [-0.2, 0) is 14.5 Å². The summed E-state index contributed by atoms with van der Waals surface area (Å²) in [5.41, 5.74) is -0.644. The van der Waals surface area contributed by atoms with E-state index >= 15 is 0 Å². The lowest BCUT2D eigenvalue weighted by Crippen LogP contribution is -2.49. The molecule has 2 atom stereocenters. The van der Waals surface area contributed by atoms with Crippen molar-refractivity contribution in [1.29, 1.82) is 0 Å². The lowest BCUT2D eigenvalue weighted by Gasteiger charge is -2.35. The van der Waals surface area contributed by atoms with Crippen molar-refractivity contribution in [2.24, 2.45) is 4.36 Å². The monoisotopic (exact) mass is 288 g/mol. The van der Waals surface area contributed by atoms with E-state index in [1.165, 1.54) is 0 Å². The number of nitrogens with one attached hydrogen (secondary N) is 1. The van der Waals surface area contributed by atoms with E-state index in [1.54, 1.807) is 20.8 Å². The lowest BCUT2D eigenvalue weighted by molar-refractivity contribution is 0.0607. The molecule has 0 bridgehead atoms. The standard InChI is InChI=1S/C13H24N2O3S/c1-12(2,3)18-11(16)15-19(17)9-5-7-13(10-19)6-4-8-14-13/h14H,4-10H2,1-3H3. The van der Waals surface area contributed by atoms with Gasteiger partial charge in [-0.25, -0.2) is 9.00 Å². The van der Waals surface area contributed by atoms with Crippen molar-refractivity contribution in [2.75, 3.05) is 18.1 Å². The second-order valence-corrected chi connectivity index (χ2v) is 9.03. The number of ether oxygens (including phenoxy) is 1. The molecule has 2 aliphatic rings. The number of hydrogen-bond acceptors (Lipinski definition) is 4. The molecule has 0 aliphatic carbocycles. The van der Waals surface area contributed by atoms with E-state index in [4.69, 9.17) is 4.74 Å². The Kier molecular flexibility index (Phi) is 3.93. The highest BCUT2D eigenvalue weighted by Crippen LogP contribution is 2.32. The molecule has 1 N–H and O–H groups in total. The van der Waals surface area contributed by atoms with Crippen LogP contribution in [0.3, 0.4) is 0 Å². The van der Waals surface area contributed by atoms with E-state index < -0.39 is 21.4 Å². The Balaban J connectivity index is 2.13. The summed E-state index contributed by atoms with van der Waals surface area (Å²) < 4.78 is 21.8. The van der Waals surface area contributed by atoms with Crippen molar-refractivity contribution < 1.29 is 13.7 Å². The Morgan fingerprint density at radius 2 is 2.00 bits per heavy atom. The van der Waals surface area contributed by atoms with Gasteiger partial charge in [-0.3, -0.25) is 0 Å². The predicted octanol–water partition coefficient (Wildman–Crippen LogP) is 2.31. The minimum atomic E-state index is -2.47. The predicted molar refractivity (Wildman–Crippen MR) is 75.7 cm³/mol. The molecule has 19 heavy (non-hydrogen) atoms. The highest BCUT2D eigenvalue weighted by Gasteiger charge is 2.40. The first-order valence-electron chi connectivity index (χ1n) is 6.93. The molecule has 0 aromatic heterocycles. The van der Waals surface area contributed by atoms with Gasteiger partial charge >= 0.3 is 6.09 Å². The van der Waals surface area contributed by atoms with E-state index in [0.29, 0.717) is 11.5 Å². The lowest BCUT2D eigenvalue weighted by atomic mass is 9.94. The van der Waals surface area contributed by atoms with Crippen molar-refractivity contribution in [3.05, 3.63) is 0 Å². The van der Waals surface area contributed by atoms with Crippen LogP contribution in [0.1, 0.15) is 46.5 Å². The van der Waals surface area contributed by atoms with E-state index in [-0.39, 0.29) is 5.54 Å². The molecule has 0 aromatic carbocycles. The number of carbonyl (C=O) groups is 1. The summed E-state index contributed by atoms with van der Waals surface area (Å²) >= 11 is 0. The molecule has 2 unspecified atom stereocenters. The molecule has 110 valence electrons. The Morgan fingerprint density at radius 3 is 2.58 bits per heavy atom. The maximum absolute atomic E-state index is 12.8. The van der Waals surface area contributed by atoms with E-state index in [0.717, 1.165) is 32.2 Å². The van der Waals surface area contributed by atoms with Crippen LogP contribution in [0.4, 0.5) is 4.79 Å². The fraction of sp³-hybridized carbons (Fsp3) is 0.923. The van der Waals surface area contributed by atoms with Gasteiger partial charge < -0.3 is 10.1 Å². The Hall–Kier alpha value is -0.620. The van der Waals surface area contributed by atoms with Crippen LogP contribution in [0.2, 0.25) is 0 Å². The molecule has 0 aromatic rings. The minimum absolute atomic E-state index is 0.0547. The van der Waals surface area contributed by atoms with E-state index in [9.17, 15) is 9.00 Å². The van der Waals surface area contributed by atoms with E-state index in [1.807, 2.05) is 0 Å². The van der Waals surface area contributed by atoms with Crippen LogP contribution >= 0.6 is 0 Å². The Morgan fingerprint density at radius 1 is 1.32 bits per heavy atom. The summed E-state index contributed by atoms with van der Waals surface area (Å²) in [6, 6.07) is 0. The van der Waals surface area contributed by atoms with Gasteiger partial charge in [0.2, 0.25) is 0 Å². The van der Waals surface area contributed by atoms with Gasteiger partial charge in [-0.1, -0.05) is 0 Å². The van der Waals surface area contributed by atoms with Gasteiger partial charge in [0.15, 0.2) is 0 Å². The maximum atomic E-state index is 12.8. The van der Waals surface area contributed by atoms with Crippen LogP contribution < -0.4 is 5.32 Å². The Labute approximate surface area is 115 Å². The molecule has 1 spiro atoms. The van der Waals surface area contributed by atoms with Crippen molar-refractivity contribution in [1.82, 2.24) is 5.32 Å². The van der Waals surface area contributed by atoms with Crippen LogP contribution in [-0.4, -0.2) is 39.5 Å². The highest BCUT2D eigenvalue weighted by atomic mass is 32.2. The molecule has 2 rings (SSSR count). The van der Waals surface area contributed by atoms with E-state index in [2.05, 4.69) is 9.68 Å². The molecule has 2 fully saturated rings. The molecule has 0 saturated carbocycles. The minimum Gasteiger partial charge on any atom is -0.442 e. The van der Waals surface area contributed by atoms with Crippen molar-refractivity contribution in [2.45, 2.75) is 57.6 Å². The fourth-order valence-electron chi connectivity index (χ4n) is 2.91. The average Bonchev–Trinajstić information content (AvgIpc) is 2.61. The molecular weight excluding hydrogens is 264 g/mol. The van der Waals surface area contributed by atoms with Crippen LogP contribution in [0.5, 0.6) is 0 Å². The smallest absolute Gasteiger partial charge is 0.442 e. The fourth-order valence-corrected chi connectivity index (χ4v) is 5.37. The first kappa shape index (κ1) is 14.8. The van der Waals surface area contributed by atoms with Gasteiger partial charge in [0, 0.05) is 11.3 Å². The summed E-state index contributed by atoms with van der Waals surface area (Å²) in [5.74, 6) is 0.995. The zero-order valence-corrected chi connectivity index (χ0v) is 12.8.